The smallest absolute Gasteiger partial charge is 0.165 e. The highest BCUT2D eigenvalue weighted by atomic mass is 19.1. The van der Waals surface area contributed by atoms with Crippen molar-refractivity contribution < 1.29 is 13.5 Å². The average molecular weight is 427 g/mol. The van der Waals surface area contributed by atoms with Crippen molar-refractivity contribution in [3.05, 3.63) is 83.1 Å². The van der Waals surface area contributed by atoms with Crippen molar-refractivity contribution in [2.24, 2.45) is 0 Å². The van der Waals surface area contributed by atoms with E-state index >= 15 is 0 Å². The Labute approximate surface area is 182 Å². The standard InChI is InChI=1S/C24H28F2N4O/c1-28-9-11-29(12-10-28)15-19-13-23(20-5-8-24(31-2)22(26)14-20)27-30(17-19)16-18-3-6-21(25)7-4-18/h3-8,13-14,17,27H,9-12,15-16H2,1-2H3. The summed E-state index contributed by atoms with van der Waals surface area (Å²) in [4.78, 5) is 4.76. The van der Waals surface area contributed by atoms with Gasteiger partial charge in [0.05, 0.1) is 19.4 Å². The molecule has 0 spiro atoms. The molecule has 0 saturated carbocycles. The maximum absolute atomic E-state index is 14.3. The first-order valence-electron chi connectivity index (χ1n) is 10.4. The summed E-state index contributed by atoms with van der Waals surface area (Å²) < 4.78 is 32.7. The molecule has 5 nitrogen and oxygen atoms in total. The first-order valence-corrected chi connectivity index (χ1v) is 10.4. The second kappa shape index (κ2) is 9.49. The molecule has 2 aromatic rings. The molecule has 164 valence electrons. The molecular formula is C24H28F2N4O. The highest BCUT2D eigenvalue weighted by molar-refractivity contribution is 5.68. The number of benzene rings is 2. The van der Waals surface area contributed by atoms with E-state index in [2.05, 4.69) is 34.5 Å². The second-order valence-electron chi connectivity index (χ2n) is 8.06. The number of hydrazine groups is 1. The zero-order valence-corrected chi connectivity index (χ0v) is 17.9. The van der Waals surface area contributed by atoms with Gasteiger partial charge in [-0.05, 0) is 54.6 Å². The van der Waals surface area contributed by atoms with Gasteiger partial charge < -0.3 is 9.64 Å². The minimum atomic E-state index is -0.400. The zero-order valence-electron chi connectivity index (χ0n) is 17.9. The van der Waals surface area contributed by atoms with Crippen LogP contribution >= 0.6 is 0 Å². The van der Waals surface area contributed by atoms with Crippen molar-refractivity contribution in [1.29, 1.82) is 0 Å². The summed E-state index contributed by atoms with van der Waals surface area (Å²) in [7, 11) is 3.60. The number of nitrogens with zero attached hydrogens (tertiary/aromatic N) is 3. The molecule has 0 bridgehead atoms. The molecule has 2 aliphatic rings. The maximum Gasteiger partial charge on any atom is 0.165 e. The van der Waals surface area contributed by atoms with E-state index in [0.717, 1.165) is 55.1 Å². The lowest BCUT2D eigenvalue weighted by Crippen LogP contribution is -2.45. The molecule has 4 rings (SSSR count). The SMILES string of the molecule is COc1ccc(C2=CC(CN3CCN(C)CC3)=CN(Cc3ccc(F)cc3)N2)cc1F. The van der Waals surface area contributed by atoms with Crippen molar-refractivity contribution in [1.82, 2.24) is 20.2 Å². The van der Waals surface area contributed by atoms with Gasteiger partial charge in [0.25, 0.3) is 0 Å². The lowest BCUT2D eigenvalue weighted by molar-refractivity contribution is 0.163. The Hall–Kier alpha value is -2.90. The highest BCUT2D eigenvalue weighted by Gasteiger charge is 2.19. The fourth-order valence-corrected chi connectivity index (χ4v) is 3.85. The fraction of sp³-hybridized carbons (Fsp3) is 0.333. The van der Waals surface area contributed by atoms with Crippen LogP contribution in [0.2, 0.25) is 0 Å². The molecule has 2 aliphatic heterocycles. The molecule has 0 aromatic heterocycles. The summed E-state index contributed by atoms with van der Waals surface area (Å²) in [6.45, 7) is 5.50. The molecule has 31 heavy (non-hydrogen) atoms. The van der Waals surface area contributed by atoms with Crippen LogP contribution in [0.15, 0.2) is 60.3 Å². The molecule has 2 heterocycles. The first kappa shape index (κ1) is 21.3. The number of halogens is 2. The fourth-order valence-electron chi connectivity index (χ4n) is 3.85. The van der Waals surface area contributed by atoms with Crippen molar-refractivity contribution >= 4 is 5.70 Å². The summed E-state index contributed by atoms with van der Waals surface area (Å²) >= 11 is 0. The number of hydrogen-bond donors (Lipinski definition) is 1. The molecule has 2 aromatic carbocycles. The topological polar surface area (TPSA) is 31.0 Å². The number of hydrogen-bond acceptors (Lipinski definition) is 5. The van der Waals surface area contributed by atoms with Crippen LogP contribution in [0.3, 0.4) is 0 Å². The number of methoxy groups -OCH3 is 1. The predicted octanol–water partition coefficient (Wildman–Crippen LogP) is 3.47. The van der Waals surface area contributed by atoms with E-state index < -0.39 is 5.82 Å². The van der Waals surface area contributed by atoms with Crippen LogP contribution in [0.4, 0.5) is 8.78 Å². The van der Waals surface area contributed by atoms with Crippen LogP contribution < -0.4 is 10.2 Å². The average Bonchev–Trinajstić information content (AvgIpc) is 2.77. The number of nitrogens with one attached hydrogen (secondary N) is 1. The molecule has 1 saturated heterocycles. The number of piperazine rings is 1. The number of likely N-dealkylation sites (N-methyl/N-ethyl adjacent to an activating group) is 1. The van der Waals surface area contributed by atoms with Gasteiger partial charge in [0.2, 0.25) is 0 Å². The van der Waals surface area contributed by atoms with Crippen LogP contribution in [-0.4, -0.2) is 61.7 Å². The van der Waals surface area contributed by atoms with Gasteiger partial charge in [-0.2, -0.15) is 0 Å². The van der Waals surface area contributed by atoms with E-state index in [1.807, 2.05) is 11.1 Å². The van der Waals surface area contributed by atoms with Crippen LogP contribution in [0, 0.1) is 11.6 Å². The molecule has 0 atom stereocenters. The minimum absolute atomic E-state index is 0.219. The monoisotopic (exact) mass is 426 g/mol. The van der Waals surface area contributed by atoms with Gasteiger partial charge in [0.15, 0.2) is 11.6 Å². The summed E-state index contributed by atoms with van der Waals surface area (Å²) in [6, 6.07) is 11.4. The van der Waals surface area contributed by atoms with Crippen molar-refractivity contribution in [3.8, 4) is 5.75 Å². The molecule has 1 N–H and O–H groups in total. The lowest BCUT2D eigenvalue weighted by Gasteiger charge is -2.35. The number of rotatable bonds is 6. The zero-order chi connectivity index (χ0) is 21.8. The Bertz CT molecular complexity index is 966. The van der Waals surface area contributed by atoms with Crippen LogP contribution in [-0.2, 0) is 6.54 Å². The summed E-state index contributed by atoms with van der Waals surface area (Å²) in [5.41, 5.74) is 7.03. The van der Waals surface area contributed by atoms with Gasteiger partial charge in [-0.15, -0.1) is 0 Å². The molecule has 0 radical (unpaired) electrons. The Morgan fingerprint density at radius 3 is 2.39 bits per heavy atom. The lowest BCUT2D eigenvalue weighted by atomic mass is 10.1. The second-order valence-corrected chi connectivity index (χ2v) is 8.06. The molecule has 0 amide bonds. The van der Waals surface area contributed by atoms with Crippen LogP contribution in [0.1, 0.15) is 11.1 Å². The van der Waals surface area contributed by atoms with Gasteiger partial charge in [0.1, 0.15) is 5.82 Å². The summed E-state index contributed by atoms with van der Waals surface area (Å²) in [5.74, 6) is -0.435. The van der Waals surface area contributed by atoms with Crippen LogP contribution in [0.5, 0.6) is 5.75 Å². The van der Waals surface area contributed by atoms with Crippen molar-refractivity contribution in [2.45, 2.75) is 6.54 Å². The van der Waals surface area contributed by atoms with E-state index in [1.165, 1.54) is 25.3 Å². The Morgan fingerprint density at radius 2 is 1.71 bits per heavy atom. The highest BCUT2D eigenvalue weighted by Crippen LogP contribution is 2.25. The van der Waals surface area contributed by atoms with Crippen molar-refractivity contribution in [3.63, 3.8) is 0 Å². The van der Waals surface area contributed by atoms with E-state index in [4.69, 9.17) is 4.74 Å². The van der Waals surface area contributed by atoms with Gasteiger partial charge in [-0.25, -0.2) is 8.78 Å². The van der Waals surface area contributed by atoms with Gasteiger partial charge in [0, 0.05) is 44.5 Å². The quantitative estimate of drug-likeness (QED) is 0.765. The molecule has 0 unspecified atom stereocenters. The van der Waals surface area contributed by atoms with Gasteiger partial charge >= 0.3 is 0 Å². The maximum atomic E-state index is 14.3. The molecular weight excluding hydrogens is 398 g/mol. The van der Waals surface area contributed by atoms with E-state index in [1.54, 1.807) is 18.2 Å². The van der Waals surface area contributed by atoms with Crippen molar-refractivity contribution in [2.75, 3.05) is 46.9 Å². The third kappa shape index (κ3) is 5.42. The summed E-state index contributed by atoms with van der Waals surface area (Å²) in [6.07, 6.45) is 4.14. The van der Waals surface area contributed by atoms with E-state index in [-0.39, 0.29) is 11.6 Å². The van der Waals surface area contributed by atoms with Gasteiger partial charge in [-0.1, -0.05) is 12.1 Å². The van der Waals surface area contributed by atoms with Crippen LogP contribution in [0.25, 0.3) is 5.70 Å². The Kier molecular flexibility index (Phi) is 6.53. The third-order valence-electron chi connectivity index (χ3n) is 5.65. The minimum Gasteiger partial charge on any atom is -0.494 e. The first-order chi connectivity index (χ1) is 15.0. The molecule has 7 heteroatoms. The third-order valence-corrected chi connectivity index (χ3v) is 5.65. The number of ether oxygens (including phenoxy) is 1. The Morgan fingerprint density at radius 1 is 0.968 bits per heavy atom. The predicted molar refractivity (Wildman–Crippen MR) is 118 cm³/mol. The van der Waals surface area contributed by atoms with E-state index in [0.29, 0.717) is 6.54 Å². The normalized spacial score (nSPS) is 17.7. The molecule has 1 fully saturated rings. The van der Waals surface area contributed by atoms with Gasteiger partial charge in [-0.3, -0.25) is 15.3 Å². The Balaban J connectivity index is 1.57. The molecule has 0 aliphatic carbocycles. The van der Waals surface area contributed by atoms with E-state index in [9.17, 15) is 8.78 Å². The summed E-state index contributed by atoms with van der Waals surface area (Å²) in [5, 5.41) is 1.97. The largest absolute Gasteiger partial charge is 0.494 e.